The van der Waals surface area contributed by atoms with Gasteiger partial charge in [0.05, 0.1) is 0 Å². The second-order valence-electron chi connectivity index (χ2n) is 4.46. The Hall–Kier alpha value is -1.28. The fraction of sp³-hybridized carbons (Fsp3) is 0.429. The van der Waals surface area contributed by atoms with Crippen molar-refractivity contribution in [1.29, 1.82) is 0 Å². The molecule has 0 aromatic heterocycles. The van der Waals surface area contributed by atoms with Crippen LogP contribution >= 0.6 is 0 Å². The number of hydrogen-bond donors (Lipinski definition) is 2. The predicted octanol–water partition coefficient (Wildman–Crippen LogP) is 3.15. The van der Waals surface area contributed by atoms with Gasteiger partial charge in [0.1, 0.15) is 5.75 Å². The van der Waals surface area contributed by atoms with Gasteiger partial charge in [-0.15, -0.1) is 0 Å². The van der Waals surface area contributed by atoms with Crippen molar-refractivity contribution in [2.24, 2.45) is 0 Å². The van der Waals surface area contributed by atoms with E-state index < -0.39 is 0 Å². The monoisotopic (exact) mass is 217 g/mol. The molecule has 16 heavy (non-hydrogen) atoms. The summed E-state index contributed by atoms with van der Waals surface area (Å²) < 4.78 is 0. The van der Waals surface area contributed by atoms with Crippen molar-refractivity contribution in [1.82, 2.24) is 5.32 Å². The van der Waals surface area contributed by atoms with E-state index >= 15 is 0 Å². The molecule has 2 N–H and O–H groups in total. The number of allylic oxidation sites excluding steroid dienone is 1. The standard InChI is InChI=1S/C14H19NO/c1-11(12-7-9-14(16)10-8-12)15-13-5-3-2-4-6-13/h2-3,7-11,13,15-16H,4-6H2,1H3. The summed E-state index contributed by atoms with van der Waals surface area (Å²) in [7, 11) is 0. The Labute approximate surface area is 97.0 Å². The van der Waals surface area contributed by atoms with Gasteiger partial charge in [0.2, 0.25) is 0 Å². The summed E-state index contributed by atoms with van der Waals surface area (Å²) in [6.07, 6.45) is 8.04. The molecule has 0 aliphatic heterocycles. The van der Waals surface area contributed by atoms with E-state index in [1.165, 1.54) is 18.4 Å². The number of benzene rings is 1. The number of hydrogen-bond acceptors (Lipinski definition) is 2. The first-order valence-electron chi connectivity index (χ1n) is 5.95. The van der Waals surface area contributed by atoms with E-state index in [-0.39, 0.29) is 0 Å². The molecule has 2 rings (SSSR count). The number of aromatic hydroxyl groups is 1. The second-order valence-corrected chi connectivity index (χ2v) is 4.46. The van der Waals surface area contributed by atoms with Crippen LogP contribution in [0.15, 0.2) is 36.4 Å². The molecule has 1 aliphatic rings. The molecule has 86 valence electrons. The lowest BCUT2D eigenvalue weighted by molar-refractivity contribution is 0.425. The zero-order valence-corrected chi connectivity index (χ0v) is 9.69. The van der Waals surface area contributed by atoms with Crippen molar-refractivity contribution < 1.29 is 5.11 Å². The van der Waals surface area contributed by atoms with Crippen molar-refractivity contribution in [2.75, 3.05) is 0 Å². The third-order valence-corrected chi connectivity index (χ3v) is 3.15. The van der Waals surface area contributed by atoms with Crippen molar-refractivity contribution in [3.63, 3.8) is 0 Å². The molecule has 0 fully saturated rings. The summed E-state index contributed by atoms with van der Waals surface area (Å²) >= 11 is 0. The van der Waals surface area contributed by atoms with Gasteiger partial charge in [-0.05, 0) is 43.9 Å². The van der Waals surface area contributed by atoms with Gasteiger partial charge in [-0.25, -0.2) is 0 Å². The summed E-state index contributed by atoms with van der Waals surface area (Å²) in [6.45, 7) is 2.17. The predicted molar refractivity (Wildman–Crippen MR) is 66.4 cm³/mol. The first-order chi connectivity index (χ1) is 7.75. The first kappa shape index (κ1) is 11.2. The lowest BCUT2D eigenvalue weighted by Gasteiger charge is -2.24. The lowest BCUT2D eigenvalue weighted by atomic mass is 9.99. The van der Waals surface area contributed by atoms with E-state index in [2.05, 4.69) is 24.4 Å². The Morgan fingerprint density at radius 3 is 2.62 bits per heavy atom. The fourth-order valence-electron chi connectivity index (χ4n) is 2.16. The van der Waals surface area contributed by atoms with Gasteiger partial charge in [0.15, 0.2) is 0 Å². The Bertz CT molecular complexity index is 356. The van der Waals surface area contributed by atoms with Gasteiger partial charge in [-0.3, -0.25) is 0 Å². The molecule has 0 saturated carbocycles. The van der Waals surface area contributed by atoms with Gasteiger partial charge in [-0.1, -0.05) is 24.3 Å². The van der Waals surface area contributed by atoms with Crippen LogP contribution in [-0.2, 0) is 0 Å². The lowest BCUT2D eigenvalue weighted by Crippen LogP contribution is -2.32. The van der Waals surface area contributed by atoms with Gasteiger partial charge >= 0.3 is 0 Å². The molecular weight excluding hydrogens is 198 g/mol. The Morgan fingerprint density at radius 1 is 1.25 bits per heavy atom. The van der Waals surface area contributed by atoms with Crippen LogP contribution in [0.2, 0.25) is 0 Å². The summed E-state index contributed by atoms with van der Waals surface area (Å²) in [5, 5.41) is 12.9. The zero-order valence-electron chi connectivity index (χ0n) is 9.69. The molecule has 0 saturated heterocycles. The van der Waals surface area contributed by atoms with Crippen molar-refractivity contribution in [2.45, 2.75) is 38.3 Å². The average molecular weight is 217 g/mol. The topological polar surface area (TPSA) is 32.3 Å². The maximum atomic E-state index is 9.23. The summed E-state index contributed by atoms with van der Waals surface area (Å²) in [5.41, 5.74) is 1.23. The molecule has 2 heteroatoms. The maximum absolute atomic E-state index is 9.23. The van der Waals surface area contributed by atoms with Crippen LogP contribution in [-0.4, -0.2) is 11.1 Å². The molecule has 1 aliphatic carbocycles. The van der Waals surface area contributed by atoms with Crippen LogP contribution in [0.3, 0.4) is 0 Å². The first-order valence-corrected chi connectivity index (χ1v) is 5.95. The molecule has 0 amide bonds. The Kier molecular flexibility index (Phi) is 3.62. The highest BCUT2D eigenvalue weighted by molar-refractivity contribution is 5.27. The molecule has 0 bridgehead atoms. The van der Waals surface area contributed by atoms with E-state index in [4.69, 9.17) is 0 Å². The van der Waals surface area contributed by atoms with Crippen molar-refractivity contribution in [3.05, 3.63) is 42.0 Å². The van der Waals surface area contributed by atoms with E-state index in [0.29, 0.717) is 17.8 Å². The van der Waals surface area contributed by atoms with Gasteiger partial charge in [0, 0.05) is 12.1 Å². The molecule has 0 heterocycles. The minimum atomic E-state index is 0.330. The van der Waals surface area contributed by atoms with Crippen LogP contribution in [0.25, 0.3) is 0 Å². The Balaban J connectivity index is 1.94. The van der Waals surface area contributed by atoms with E-state index in [1.54, 1.807) is 12.1 Å². The van der Waals surface area contributed by atoms with Gasteiger partial charge in [0.25, 0.3) is 0 Å². The SMILES string of the molecule is CC(NC1CC=CCC1)c1ccc(O)cc1. The Morgan fingerprint density at radius 2 is 2.00 bits per heavy atom. The normalized spacial score (nSPS) is 21.9. The molecule has 2 atom stereocenters. The van der Waals surface area contributed by atoms with E-state index in [0.717, 1.165) is 6.42 Å². The molecule has 0 spiro atoms. The largest absolute Gasteiger partial charge is 0.508 e. The third-order valence-electron chi connectivity index (χ3n) is 3.15. The maximum Gasteiger partial charge on any atom is 0.115 e. The molecular formula is C14H19NO. The zero-order chi connectivity index (χ0) is 11.4. The molecule has 2 nitrogen and oxygen atoms in total. The summed E-state index contributed by atoms with van der Waals surface area (Å²) in [5.74, 6) is 0.330. The third kappa shape index (κ3) is 2.86. The number of phenols is 1. The summed E-state index contributed by atoms with van der Waals surface area (Å²) in [4.78, 5) is 0. The van der Waals surface area contributed by atoms with Crippen molar-refractivity contribution >= 4 is 0 Å². The van der Waals surface area contributed by atoms with Crippen LogP contribution in [0, 0.1) is 0 Å². The highest BCUT2D eigenvalue weighted by atomic mass is 16.3. The minimum Gasteiger partial charge on any atom is -0.508 e. The summed E-state index contributed by atoms with van der Waals surface area (Å²) in [6, 6.07) is 8.38. The fourth-order valence-corrected chi connectivity index (χ4v) is 2.16. The smallest absolute Gasteiger partial charge is 0.115 e. The van der Waals surface area contributed by atoms with Gasteiger partial charge in [-0.2, -0.15) is 0 Å². The highest BCUT2D eigenvalue weighted by Crippen LogP contribution is 2.19. The molecule has 1 aromatic rings. The highest BCUT2D eigenvalue weighted by Gasteiger charge is 2.13. The van der Waals surface area contributed by atoms with Crippen LogP contribution < -0.4 is 5.32 Å². The molecule has 1 aromatic carbocycles. The number of phenolic OH excluding ortho intramolecular Hbond substituents is 1. The van der Waals surface area contributed by atoms with E-state index in [9.17, 15) is 5.11 Å². The minimum absolute atomic E-state index is 0.330. The van der Waals surface area contributed by atoms with Crippen molar-refractivity contribution in [3.8, 4) is 5.75 Å². The van der Waals surface area contributed by atoms with Crippen LogP contribution in [0.4, 0.5) is 0 Å². The second kappa shape index (κ2) is 5.17. The molecule has 2 unspecified atom stereocenters. The van der Waals surface area contributed by atoms with Gasteiger partial charge < -0.3 is 10.4 Å². The number of rotatable bonds is 3. The average Bonchev–Trinajstić information content (AvgIpc) is 2.31. The van der Waals surface area contributed by atoms with E-state index in [1.807, 2.05) is 12.1 Å². The van der Waals surface area contributed by atoms with Crippen LogP contribution in [0.5, 0.6) is 5.75 Å². The number of nitrogens with one attached hydrogen (secondary N) is 1. The van der Waals surface area contributed by atoms with Crippen LogP contribution in [0.1, 0.15) is 37.8 Å². The quantitative estimate of drug-likeness (QED) is 0.762. The molecule has 0 radical (unpaired) electrons.